The summed E-state index contributed by atoms with van der Waals surface area (Å²) in [5.74, 6) is 0.510. The molecule has 0 saturated carbocycles. The fourth-order valence-corrected chi connectivity index (χ4v) is 2.27. The lowest BCUT2D eigenvalue weighted by Gasteiger charge is -2.31. The van der Waals surface area contributed by atoms with Gasteiger partial charge >= 0.3 is 6.18 Å². The topological polar surface area (TPSA) is 67.3 Å². The number of amides is 1. The van der Waals surface area contributed by atoms with Crippen molar-refractivity contribution in [2.24, 2.45) is 0 Å². The predicted octanol–water partition coefficient (Wildman–Crippen LogP) is 2.22. The molecule has 0 unspecified atom stereocenters. The summed E-state index contributed by atoms with van der Waals surface area (Å²) in [5, 5.41) is 3.55. The Morgan fingerprint density at radius 1 is 1.29 bits per heavy atom. The number of hydrogen-bond donors (Lipinski definition) is 1. The predicted molar refractivity (Wildman–Crippen MR) is 80.8 cm³/mol. The Bertz CT molecular complexity index is 747. The van der Waals surface area contributed by atoms with Crippen molar-refractivity contribution in [3.63, 3.8) is 0 Å². The lowest BCUT2D eigenvalue weighted by molar-refractivity contribution is -0.153. The number of halogens is 3. The standard InChI is InChI=1S/C15H15F3N4O2/c16-15(17,18)8-24-10-2-3-11-12(6-10)20-9-21-14(11)19-7-13(23)22-4-1-5-22/h2-3,6,9H,1,4-5,7-8H2,(H,19,20,21). The maximum Gasteiger partial charge on any atom is 0.422 e. The van der Waals surface area contributed by atoms with Crippen LogP contribution in [0, 0.1) is 0 Å². The van der Waals surface area contributed by atoms with E-state index in [2.05, 4.69) is 15.3 Å². The molecule has 0 radical (unpaired) electrons. The maximum absolute atomic E-state index is 12.2. The zero-order valence-corrected chi connectivity index (χ0v) is 12.6. The fraction of sp³-hybridized carbons (Fsp3) is 0.400. The number of nitrogens with one attached hydrogen (secondary N) is 1. The maximum atomic E-state index is 12.2. The van der Waals surface area contributed by atoms with Crippen molar-refractivity contribution in [2.45, 2.75) is 12.6 Å². The minimum absolute atomic E-state index is 0.0156. The highest BCUT2D eigenvalue weighted by molar-refractivity contribution is 5.91. The van der Waals surface area contributed by atoms with Gasteiger partial charge in [-0.15, -0.1) is 0 Å². The zero-order chi connectivity index (χ0) is 17.2. The van der Waals surface area contributed by atoms with Gasteiger partial charge in [-0.25, -0.2) is 9.97 Å². The van der Waals surface area contributed by atoms with Gasteiger partial charge in [-0.05, 0) is 18.6 Å². The van der Waals surface area contributed by atoms with Crippen molar-refractivity contribution < 1.29 is 22.7 Å². The van der Waals surface area contributed by atoms with Crippen LogP contribution in [0.25, 0.3) is 10.9 Å². The Morgan fingerprint density at radius 3 is 2.75 bits per heavy atom. The van der Waals surface area contributed by atoms with Crippen LogP contribution in [-0.4, -0.2) is 53.2 Å². The number of anilines is 1. The molecule has 1 aromatic carbocycles. The molecule has 1 saturated heterocycles. The molecular formula is C15H15F3N4O2. The van der Waals surface area contributed by atoms with E-state index in [9.17, 15) is 18.0 Å². The van der Waals surface area contributed by atoms with Crippen LogP contribution in [0.1, 0.15) is 6.42 Å². The molecule has 0 bridgehead atoms. The molecule has 0 aliphatic carbocycles. The summed E-state index contributed by atoms with van der Waals surface area (Å²) in [5.41, 5.74) is 0.434. The van der Waals surface area contributed by atoms with Gasteiger partial charge in [-0.1, -0.05) is 0 Å². The molecule has 1 amide bonds. The third kappa shape index (κ3) is 3.84. The number of nitrogens with zero attached hydrogens (tertiary/aromatic N) is 3. The molecule has 1 aliphatic heterocycles. The van der Waals surface area contributed by atoms with E-state index >= 15 is 0 Å². The number of alkyl halides is 3. The molecule has 1 aromatic heterocycles. The van der Waals surface area contributed by atoms with E-state index in [1.807, 2.05) is 0 Å². The summed E-state index contributed by atoms with van der Waals surface area (Å²) in [4.78, 5) is 21.7. The molecule has 1 fully saturated rings. The monoisotopic (exact) mass is 340 g/mol. The highest BCUT2D eigenvalue weighted by atomic mass is 19.4. The van der Waals surface area contributed by atoms with Gasteiger partial charge in [0.15, 0.2) is 6.61 Å². The highest BCUT2D eigenvalue weighted by Crippen LogP contribution is 2.25. The first-order valence-electron chi connectivity index (χ1n) is 7.38. The third-order valence-electron chi connectivity index (χ3n) is 3.63. The Morgan fingerprint density at radius 2 is 2.08 bits per heavy atom. The van der Waals surface area contributed by atoms with Crippen molar-refractivity contribution in [1.29, 1.82) is 0 Å². The van der Waals surface area contributed by atoms with E-state index in [4.69, 9.17) is 4.74 Å². The number of hydrogen-bond acceptors (Lipinski definition) is 5. The first-order valence-corrected chi connectivity index (χ1v) is 7.38. The Hall–Kier alpha value is -2.58. The number of ether oxygens (including phenoxy) is 1. The molecule has 2 heterocycles. The van der Waals surface area contributed by atoms with Gasteiger partial charge in [0.1, 0.15) is 17.9 Å². The van der Waals surface area contributed by atoms with Gasteiger partial charge in [0.2, 0.25) is 5.91 Å². The first kappa shape index (κ1) is 16.3. The van der Waals surface area contributed by atoms with E-state index in [1.54, 1.807) is 11.0 Å². The lowest BCUT2D eigenvalue weighted by Crippen LogP contribution is -2.44. The van der Waals surface area contributed by atoms with Crippen LogP contribution in [-0.2, 0) is 4.79 Å². The van der Waals surface area contributed by atoms with Crippen LogP contribution in [0.4, 0.5) is 19.0 Å². The number of benzene rings is 1. The summed E-state index contributed by atoms with van der Waals surface area (Å²) in [6, 6.07) is 4.39. The van der Waals surface area contributed by atoms with E-state index in [0.717, 1.165) is 19.5 Å². The lowest BCUT2D eigenvalue weighted by atomic mass is 10.2. The van der Waals surface area contributed by atoms with Crippen LogP contribution >= 0.6 is 0 Å². The van der Waals surface area contributed by atoms with Gasteiger partial charge in [0, 0.05) is 24.5 Å². The number of rotatable bonds is 5. The van der Waals surface area contributed by atoms with Crippen LogP contribution < -0.4 is 10.1 Å². The molecule has 6 nitrogen and oxygen atoms in total. The van der Waals surface area contributed by atoms with Crippen molar-refractivity contribution in [3.05, 3.63) is 24.5 Å². The van der Waals surface area contributed by atoms with Crippen molar-refractivity contribution >= 4 is 22.6 Å². The van der Waals surface area contributed by atoms with E-state index in [-0.39, 0.29) is 18.2 Å². The minimum Gasteiger partial charge on any atom is -0.484 e. The Kier molecular flexibility index (Phi) is 4.41. The van der Waals surface area contributed by atoms with Gasteiger partial charge in [-0.3, -0.25) is 4.79 Å². The zero-order valence-electron chi connectivity index (χ0n) is 12.6. The first-order chi connectivity index (χ1) is 11.4. The summed E-state index contributed by atoms with van der Waals surface area (Å²) < 4.78 is 41.3. The second-order valence-corrected chi connectivity index (χ2v) is 5.39. The number of likely N-dealkylation sites (tertiary alicyclic amines) is 1. The van der Waals surface area contributed by atoms with Crippen molar-refractivity contribution in [2.75, 3.05) is 31.6 Å². The summed E-state index contributed by atoms with van der Waals surface area (Å²) in [7, 11) is 0. The number of fused-ring (bicyclic) bond motifs is 1. The largest absolute Gasteiger partial charge is 0.484 e. The molecule has 128 valence electrons. The van der Waals surface area contributed by atoms with Gasteiger partial charge < -0.3 is 15.0 Å². The average molecular weight is 340 g/mol. The Labute approximate surface area is 135 Å². The van der Waals surface area contributed by atoms with Crippen LogP contribution in [0.3, 0.4) is 0 Å². The summed E-state index contributed by atoms with van der Waals surface area (Å²) in [6.45, 7) is 0.285. The molecular weight excluding hydrogens is 325 g/mol. The third-order valence-corrected chi connectivity index (χ3v) is 3.63. The second kappa shape index (κ2) is 6.50. The normalized spacial score (nSPS) is 14.4. The minimum atomic E-state index is -4.40. The van der Waals surface area contributed by atoms with Crippen LogP contribution in [0.2, 0.25) is 0 Å². The number of carbonyl (C=O) groups is 1. The van der Waals surface area contributed by atoms with Gasteiger partial charge in [0.25, 0.3) is 0 Å². The molecule has 0 spiro atoms. The van der Waals surface area contributed by atoms with Crippen LogP contribution in [0.5, 0.6) is 5.75 Å². The van der Waals surface area contributed by atoms with Crippen molar-refractivity contribution in [1.82, 2.24) is 14.9 Å². The van der Waals surface area contributed by atoms with Gasteiger partial charge in [0.05, 0.1) is 12.1 Å². The molecule has 2 aromatic rings. The second-order valence-electron chi connectivity index (χ2n) is 5.39. The molecule has 3 rings (SSSR count). The fourth-order valence-electron chi connectivity index (χ4n) is 2.27. The molecule has 1 N–H and O–H groups in total. The summed E-state index contributed by atoms with van der Waals surface area (Å²) >= 11 is 0. The highest BCUT2D eigenvalue weighted by Gasteiger charge is 2.28. The number of carbonyl (C=O) groups excluding carboxylic acids is 1. The summed E-state index contributed by atoms with van der Waals surface area (Å²) in [6.07, 6.45) is -2.10. The smallest absolute Gasteiger partial charge is 0.422 e. The van der Waals surface area contributed by atoms with E-state index < -0.39 is 12.8 Å². The molecule has 9 heteroatoms. The molecule has 24 heavy (non-hydrogen) atoms. The number of aromatic nitrogens is 2. The average Bonchev–Trinajstić information content (AvgIpc) is 2.48. The van der Waals surface area contributed by atoms with Crippen LogP contribution in [0.15, 0.2) is 24.5 Å². The van der Waals surface area contributed by atoms with Crippen molar-refractivity contribution in [3.8, 4) is 5.75 Å². The van der Waals surface area contributed by atoms with E-state index in [0.29, 0.717) is 16.7 Å². The SMILES string of the molecule is O=C(CNc1ncnc2cc(OCC(F)(F)F)ccc12)N1CCC1. The molecule has 0 atom stereocenters. The Balaban J connectivity index is 1.71. The van der Waals surface area contributed by atoms with E-state index in [1.165, 1.54) is 18.5 Å². The quantitative estimate of drug-likeness (QED) is 0.904. The van der Waals surface area contributed by atoms with Gasteiger partial charge in [-0.2, -0.15) is 13.2 Å². The molecule has 1 aliphatic rings.